The molecule has 0 radical (unpaired) electrons. The molecule has 0 saturated heterocycles. The van der Waals surface area contributed by atoms with E-state index in [1.165, 1.54) is 12.1 Å². The fourth-order valence-corrected chi connectivity index (χ4v) is 2.70. The lowest BCUT2D eigenvalue weighted by Gasteiger charge is -2.56. The van der Waals surface area contributed by atoms with Gasteiger partial charge in [0.2, 0.25) is 0 Å². The van der Waals surface area contributed by atoms with Crippen LogP contribution in [0, 0.1) is 0 Å². The standard InChI is InChI=1S/C12H27N9O5S/c1-8(13,14)9(15,16)10(17,18)11(19,20)12(21,22)26-6-4-2-3-5-7(6)27(23,24)25/h2-5,22H,13-21H2,1H3,(H,23,24,25). The summed E-state index contributed by atoms with van der Waals surface area (Å²) in [5, 5.41) is 10.5. The summed E-state index contributed by atoms with van der Waals surface area (Å²) in [4.78, 5) is -0.751. The number of hydrogen-bond donors (Lipinski definition) is 11. The average molecular weight is 409 g/mol. The average Bonchev–Trinajstić information content (AvgIpc) is 2.44. The van der Waals surface area contributed by atoms with Crippen LogP contribution in [0.15, 0.2) is 29.2 Å². The predicted molar refractivity (Wildman–Crippen MR) is 96.1 cm³/mol. The highest BCUT2D eigenvalue weighted by atomic mass is 32.2. The van der Waals surface area contributed by atoms with Crippen molar-refractivity contribution in [3.63, 3.8) is 0 Å². The van der Waals surface area contributed by atoms with Gasteiger partial charge in [0.1, 0.15) is 22.0 Å². The maximum atomic E-state index is 11.4. The van der Waals surface area contributed by atoms with Crippen LogP contribution in [0.1, 0.15) is 6.92 Å². The van der Waals surface area contributed by atoms with Gasteiger partial charge in [-0.3, -0.25) is 10.3 Å². The summed E-state index contributed by atoms with van der Waals surface area (Å²) in [6.07, 6.45) is 0. The number of aliphatic hydroxyl groups is 1. The summed E-state index contributed by atoms with van der Waals surface area (Å²) in [7, 11) is -4.76. The Morgan fingerprint density at radius 2 is 1.30 bits per heavy atom. The van der Waals surface area contributed by atoms with Crippen LogP contribution in [0.25, 0.3) is 0 Å². The highest BCUT2D eigenvalue weighted by Gasteiger charge is 2.66. The third kappa shape index (κ3) is 3.90. The molecule has 0 aromatic heterocycles. The molecule has 0 aliphatic carbocycles. The van der Waals surface area contributed by atoms with Crippen LogP contribution in [0.5, 0.6) is 5.75 Å². The Hall–Kier alpha value is -1.47. The number of nitrogens with two attached hydrogens (primary N) is 9. The molecule has 0 aliphatic heterocycles. The lowest BCUT2D eigenvalue weighted by Crippen LogP contribution is -3.00. The van der Waals surface area contributed by atoms with E-state index in [1.54, 1.807) is 0 Å². The molecule has 0 fully saturated rings. The molecule has 27 heavy (non-hydrogen) atoms. The van der Waals surface area contributed by atoms with Gasteiger partial charge in [-0.25, -0.2) is 0 Å². The smallest absolute Gasteiger partial charge is 0.301 e. The van der Waals surface area contributed by atoms with Crippen molar-refractivity contribution in [1.82, 2.24) is 0 Å². The monoisotopic (exact) mass is 409 g/mol. The van der Waals surface area contributed by atoms with Crippen molar-refractivity contribution in [2.75, 3.05) is 0 Å². The molecule has 1 aromatic carbocycles. The van der Waals surface area contributed by atoms with Gasteiger partial charge >= 0.3 is 5.91 Å². The summed E-state index contributed by atoms with van der Waals surface area (Å²) in [5.74, 6) is -3.80. The van der Waals surface area contributed by atoms with E-state index in [-0.39, 0.29) is 0 Å². The Morgan fingerprint density at radius 3 is 1.70 bits per heavy atom. The molecule has 0 aliphatic rings. The van der Waals surface area contributed by atoms with E-state index in [0.717, 1.165) is 19.1 Å². The molecule has 0 saturated carbocycles. The maximum absolute atomic E-state index is 11.4. The van der Waals surface area contributed by atoms with E-state index in [0.29, 0.717) is 0 Å². The molecule has 0 bridgehead atoms. The molecule has 15 heteroatoms. The fraction of sp³-hybridized carbons (Fsp3) is 0.500. The van der Waals surface area contributed by atoms with Crippen molar-refractivity contribution in [3.8, 4) is 5.75 Å². The summed E-state index contributed by atoms with van der Waals surface area (Å²) < 4.78 is 37.2. The van der Waals surface area contributed by atoms with Gasteiger partial charge in [0.15, 0.2) is 5.66 Å². The van der Waals surface area contributed by atoms with Crippen molar-refractivity contribution in [1.29, 1.82) is 0 Å². The quantitative estimate of drug-likeness (QED) is 0.148. The van der Waals surface area contributed by atoms with Crippen LogP contribution in [0.3, 0.4) is 0 Å². The molecule has 0 spiro atoms. The van der Waals surface area contributed by atoms with Crippen molar-refractivity contribution in [2.45, 2.75) is 40.4 Å². The van der Waals surface area contributed by atoms with Gasteiger partial charge in [-0.15, -0.1) is 0 Å². The van der Waals surface area contributed by atoms with E-state index in [1.807, 2.05) is 0 Å². The number of ether oxygens (including phenoxy) is 1. The zero-order valence-corrected chi connectivity index (χ0v) is 15.3. The molecule has 20 N–H and O–H groups in total. The summed E-state index contributed by atoms with van der Waals surface area (Å²) in [6.45, 7) is 1.15. The van der Waals surface area contributed by atoms with Crippen LogP contribution in [-0.2, 0) is 10.1 Å². The van der Waals surface area contributed by atoms with Crippen LogP contribution in [0.2, 0.25) is 0 Å². The Labute approximate surface area is 155 Å². The van der Waals surface area contributed by atoms with Crippen molar-refractivity contribution in [3.05, 3.63) is 24.3 Å². The lowest BCUT2D eigenvalue weighted by atomic mass is 9.75. The van der Waals surface area contributed by atoms with Crippen LogP contribution in [-0.4, -0.2) is 46.6 Å². The zero-order valence-electron chi connectivity index (χ0n) is 14.5. The Bertz CT molecular complexity index is 802. The second-order valence-electron chi connectivity index (χ2n) is 6.61. The minimum atomic E-state index is -4.76. The van der Waals surface area contributed by atoms with Gasteiger partial charge in [-0.2, -0.15) is 8.42 Å². The van der Waals surface area contributed by atoms with E-state index in [2.05, 4.69) is 0 Å². The predicted octanol–water partition coefficient (Wildman–Crippen LogP) is -5.61. The molecule has 0 heterocycles. The minimum absolute atomic E-state index is 0.621. The van der Waals surface area contributed by atoms with Gasteiger partial charge in [0.05, 0.1) is 5.66 Å². The highest BCUT2D eigenvalue weighted by Crippen LogP contribution is 2.31. The summed E-state index contributed by atoms with van der Waals surface area (Å²) >= 11 is 0. The highest BCUT2D eigenvalue weighted by molar-refractivity contribution is 7.86. The second kappa shape index (κ2) is 6.55. The van der Waals surface area contributed by atoms with Crippen molar-refractivity contribution >= 4 is 10.1 Å². The number of rotatable bonds is 7. The third-order valence-electron chi connectivity index (χ3n) is 4.25. The molecule has 1 aromatic rings. The fourth-order valence-electron chi connectivity index (χ4n) is 2.08. The van der Waals surface area contributed by atoms with E-state index < -0.39 is 49.3 Å². The van der Waals surface area contributed by atoms with E-state index in [4.69, 9.17) is 56.3 Å². The van der Waals surface area contributed by atoms with E-state index in [9.17, 15) is 18.1 Å². The second-order valence-corrected chi connectivity index (χ2v) is 8.00. The number of benzene rings is 1. The Morgan fingerprint density at radius 1 is 0.852 bits per heavy atom. The topological polar surface area (TPSA) is 318 Å². The zero-order chi connectivity index (χ0) is 21.7. The molecule has 1 unspecified atom stereocenters. The molecule has 1 atom stereocenters. The molecular weight excluding hydrogens is 382 g/mol. The largest absolute Gasteiger partial charge is 0.445 e. The molecule has 0 amide bonds. The normalized spacial score (nSPS) is 16.7. The maximum Gasteiger partial charge on any atom is 0.301 e. The van der Waals surface area contributed by atoms with Gasteiger partial charge in [0.25, 0.3) is 10.1 Å². The van der Waals surface area contributed by atoms with Gasteiger partial charge < -0.3 is 55.7 Å². The minimum Gasteiger partial charge on any atom is -0.445 e. The SMILES string of the molecule is CC(N)(N)C(N)(N)C(N)(N)C(N)(N)C(N)(O)Oc1ccccc1S(=O)(=O)O. The first-order valence-electron chi connectivity index (χ1n) is 7.28. The molecule has 14 nitrogen and oxygen atoms in total. The first kappa shape index (κ1) is 23.6. The Balaban J connectivity index is 3.47. The number of para-hydroxylation sites is 1. The van der Waals surface area contributed by atoms with Gasteiger partial charge in [-0.05, 0) is 19.1 Å². The Kier molecular flexibility index (Phi) is 5.72. The van der Waals surface area contributed by atoms with Crippen molar-refractivity contribution in [2.24, 2.45) is 51.6 Å². The first-order chi connectivity index (χ1) is 11.7. The van der Waals surface area contributed by atoms with Crippen molar-refractivity contribution < 1.29 is 22.8 Å². The summed E-state index contributed by atoms with van der Waals surface area (Å²) in [6, 6.07) is 4.57. The van der Waals surface area contributed by atoms with Crippen LogP contribution in [0.4, 0.5) is 0 Å². The summed E-state index contributed by atoms with van der Waals surface area (Å²) in [5.41, 5.74) is 41.9. The molecule has 1 rings (SSSR count). The van der Waals surface area contributed by atoms with Gasteiger partial charge in [0, 0.05) is 0 Å². The van der Waals surface area contributed by atoms with Crippen LogP contribution >= 0.6 is 0 Å². The number of hydrogen-bond acceptors (Lipinski definition) is 13. The van der Waals surface area contributed by atoms with Gasteiger partial charge in [-0.1, -0.05) is 12.1 Å². The van der Waals surface area contributed by atoms with E-state index >= 15 is 0 Å². The third-order valence-corrected chi connectivity index (χ3v) is 5.14. The molecular formula is C12H27N9O5S. The molecule has 156 valence electrons. The lowest BCUT2D eigenvalue weighted by molar-refractivity contribution is -0.212. The van der Waals surface area contributed by atoms with Crippen LogP contribution < -0.4 is 56.3 Å². The first-order valence-corrected chi connectivity index (χ1v) is 8.72.